The zero-order valence-corrected chi connectivity index (χ0v) is 28.9. The molecule has 0 fully saturated rings. The van der Waals surface area contributed by atoms with Crippen LogP contribution in [0.25, 0.3) is 33.4 Å². The van der Waals surface area contributed by atoms with Gasteiger partial charge < -0.3 is 15.7 Å². The van der Waals surface area contributed by atoms with Gasteiger partial charge >= 0.3 is 5.97 Å². The van der Waals surface area contributed by atoms with Crippen LogP contribution in [0.4, 0.5) is 11.4 Å². The molecule has 6 rings (SSSR count). The van der Waals surface area contributed by atoms with Crippen LogP contribution in [0, 0.1) is 20.8 Å². The van der Waals surface area contributed by atoms with E-state index in [1.54, 1.807) is 0 Å². The lowest BCUT2D eigenvalue weighted by Crippen LogP contribution is -2.34. The molecule has 1 heterocycles. The third-order valence-corrected chi connectivity index (χ3v) is 10.2. The standard InChI is InChI=1S/C39H37N3O4S2/c1-24-13-15-29(16-14-24)36-26(3)37-33-18-17-32(20-31(33)23-42(48(4,45)46)38(37)25(2)34(36)21-35(43)44)41-39(47)40-22-27-9-8-12-30(19-27)28-10-6-5-7-11-28/h5-20H,21-23H2,1-4H3,(H,43,44)(H2,40,41,47). The number of sulfonamides is 1. The molecular formula is C39H37N3O4S2. The fraction of sp³-hybridized carbons (Fsp3) is 0.179. The van der Waals surface area contributed by atoms with Crippen LogP contribution in [0.3, 0.4) is 0 Å². The van der Waals surface area contributed by atoms with Crippen LogP contribution in [0.15, 0.2) is 97.1 Å². The minimum atomic E-state index is -3.72. The summed E-state index contributed by atoms with van der Waals surface area (Å²) in [5.41, 5.74) is 12.0. The molecule has 9 heteroatoms. The average molecular weight is 676 g/mol. The van der Waals surface area contributed by atoms with Crippen LogP contribution in [-0.2, 0) is 34.3 Å². The van der Waals surface area contributed by atoms with Gasteiger partial charge in [-0.1, -0.05) is 84.4 Å². The predicted octanol–water partition coefficient (Wildman–Crippen LogP) is 8.01. The number of hydrogen-bond donors (Lipinski definition) is 3. The van der Waals surface area contributed by atoms with Crippen molar-refractivity contribution in [3.63, 3.8) is 0 Å². The van der Waals surface area contributed by atoms with Crippen molar-refractivity contribution in [1.82, 2.24) is 5.32 Å². The van der Waals surface area contributed by atoms with Crippen LogP contribution in [0.2, 0.25) is 0 Å². The van der Waals surface area contributed by atoms with Crippen molar-refractivity contribution in [2.75, 3.05) is 15.9 Å². The summed E-state index contributed by atoms with van der Waals surface area (Å²) >= 11 is 5.65. The maximum atomic E-state index is 13.3. The summed E-state index contributed by atoms with van der Waals surface area (Å²) in [6.45, 7) is 6.42. The quantitative estimate of drug-likeness (QED) is 0.143. The SMILES string of the molecule is Cc1ccc(-c2c(C)c3c(c(C)c2CC(=O)O)N(S(C)(=O)=O)Cc2cc(NC(=S)NCc4cccc(-c5ccccc5)c4)ccc2-3)cc1. The van der Waals surface area contributed by atoms with Crippen LogP contribution in [0.5, 0.6) is 0 Å². The first-order valence-corrected chi connectivity index (χ1v) is 17.9. The minimum Gasteiger partial charge on any atom is -0.481 e. The molecule has 5 aromatic rings. The van der Waals surface area contributed by atoms with Gasteiger partial charge in [-0.25, -0.2) is 8.42 Å². The Labute approximate surface area is 287 Å². The molecule has 5 aromatic carbocycles. The Morgan fingerprint density at radius 1 is 0.833 bits per heavy atom. The topological polar surface area (TPSA) is 98.7 Å². The number of nitrogens with zero attached hydrogens (tertiary/aromatic N) is 1. The molecule has 7 nitrogen and oxygen atoms in total. The zero-order chi connectivity index (χ0) is 34.2. The van der Waals surface area contributed by atoms with Gasteiger partial charge in [0.2, 0.25) is 10.0 Å². The van der Waals surface area contributed by atoms with E-state index in [0.29, 0.717) is 28.5 Å². The second-order valence-corrected chi connectivity index (χ2v) is 14.6. The number of benzene rings is 5. The summed E-state index contributed by atoms with van der Waals surface area (Å²) in [5.74, 6) is -0.975. The van der Waals surface area contributed by atoms with E-state index in [1.807, 2.05) is 87.5 Å². The van der Waals surface area contributed by atoms with Crippen molar-refractivity contribution in [2.45, 2.75) is 40.3 Å². The number of aryl methyl sites for hydroxylation is 1. The molecule has 0 saturated carbocycles. The number of nitrogens with one attached hydrogen (secondary N) is 2. The Kier molecular flexibility index (Phi) is 9.09. The second-order valence-electron chi connectivity index (χ2n) is 12.3. The van der Waals surface area contributed by atoms with Crippen molar-refractivity contribution in [3.8, 4) is 33.4 Å². The smallest absolute Gasteiger partial charge is 0.307 e. The lowest BCUT2D eigenvalue weighted by atomic mass is 9.81. The normalized spacial score (nSPS) is 12.2. The molecule has 48 heavy (non-hydrogen) atoms. The van der Waals surface area contributed by atoms with Gasteiger partial charge in [0.25, 0.3) is 0 Å². The van der Waals surface area contributed by atoms with Gasteiger partial charge in [-0.05, 0) is 107 Å². The monoisotopic (exact) mass is 675 g/mol. The molecule has 1 aliphatic rings. The maximum Gasteiger partial charge on any atom is 0.307 e. The number of carboxylic acid groups (broad SMARTS) is 1. The Morgan fingerprint density at radius 2 is 1.54 bits per heavy atom. The van der Waals surface area contributed by atoms with E-state index in [0.717, 1.165) is 61.3 Å². The van der Waals surface area contributed by atoms with E-state index in [9.17, 15) is 18.3 Å². The highest BCUT2D eigenvalue weighted by Gasteiger charge is 2.34. The average Bonchev–Trinajstić information content (AvgIpc) is 3.06. The van der Waals surface area contributed by atoms with Gasteiger partial charge in [-0.3, -0.25) is 9.10 Å². The molecule has 0 bridgehead atoms. The highest BCUT2D eigenvalue weighted by Crippen LogP contribution is 2.49. The molecule has 0 unspecified atom stereocenters. The fourth-order valence-electron chi connectivity index (χ4n) is 6.58. The Balaban J connectivity index is 1.34. The van der Waals surface area contributed by atoms with E-state index in [1.165, 1.54) is 10.6 Å². The number of anilines is 2. The number of carboxylic acids is 1. The first kappa shape index (κ1) is 32.9. The van der Waals surface area contributed by atoms with Crippen molar-refractivity contribution < 1.29 is 18.3 Å². The third kappa shape index (κ3) is 6.70. The molecule has 0 aromatic heterocycles. The van der Waals surface area contributed by atoms with Crippen LogP contribution < -0.4 is 14.9 Å². The van der Waals surface area contributed by atoms with Crippen molar-refractivity contribution in [3.05, 3.63) is 130 Å². The third-order valence-electron chi connectivity index (χ3n) is 8.85. The van der Waals surface area contributed by atoms with Crippen LogP contribution in [0.1, 0.15) is 33.4 Å². The highest BCUT2D eigenvalue weighted by molar-refractivity contribution is 7.92. The van der Waals surface area contributed by atoms with Crippen molar-refractivity contribution in [1.29, 1.82) is 0 Å². The second kappa shape index (κ2) is 13.3. The highest BCUT2D eigenvalue weighted by atomic mass is 32.2. The summed E-state index contributed by atoms with van der Waals surface area (Å²) in [6.07, 6.45) is 0.965. The molecule has 0 radical (unpaired) electrons. The van der Waals surface area contributed by atoms with Gasteiger partial charge in [0.1, 0.15) is 0 Å². The van der Waals surface area contributed by atoms with E-state index < -0.39 is 16.0 Å². The molecule has 0 atom stereocenters. The maximum absolute atomic E-state index is 13.3. The van der Waals surface area contributed by atoms with Gasteiger partial charge in [0, 0.05) is 17.8 Å². The number of rotatable bonds is 8. The van der Waals surface area contributed by atoms with Gasteiger partial charge in [-0.15, -0.1) is 0 Å². The summed E-state index contributed by atoms with van der Waals surface area (Å²) in [7, 11) is -3.72. The Morgan fingerprint density at radius 3 is 2.23 bits per heavy atom. The lowest BCUT2D eigenvalue weighted by Gasteiger charge is -2.36. The lowest BCUT2D eigenvalue weighted by molar-refractivity contribution is -0.136. The fourth-order valence-corrected chi connectivity index (χ4v) is 7.71. The Bertz CT molecular complexity index is 2160. The molecule has 0 spiro atoms. The van der Waals surface area contributed by atoms with Gasteiger partial charge in [0.05, 0.1) is 24.9 Å². The van der Waals surface area contributed by atoms with Gasteiger partial charge in [-0.2, -0.15) is 0 Å². The number of fused-ring (bicyclic) bond motifs is 3. The van der Waals surface area contributed by atoms with E-state index in [4.69, 9.17) is 12.2 Å². The van der Waals surface area contributed by atoms with Crippen molar-refractivity contribution >= 4 is 44.7 Å². The first-order valence-electron chi connectivity index (χ1n) is 15.7. The number of aliphatic carboxylic acids is 1. The van der Waals surface area contributed by atoms with Gasteiger partial charge in [0.15, 0.2) is 5.11 Å². The molecular weight excluding hydrogens is 639 g/mol. The van der Waals surface area contributed by atoms with E-state index >= 15 is 0 Å². The number of hydrogen-bond acceptors (Lipinski definition) is 4. The minimum absolute atomic E-state index is 0.111. The molecule has 0 amide bonds. The zero-order valence-electron chi connectivity index (χ0n) is 27.3. The van der Waals surface area contributed by atoms with Crippen LogP contribution in [-0.4, -0.2) is 30.9 Å². The van der Waals surface area contributed by atoms with Crippen LogP contribution >= 0.6 is 12.2 Å². The summed E-state index contributed by atoms with van der Waals surface area (Å²) in [5, 5.41) is 16.9. The first-order chi connectivity index (χ1) is 22.9. The largest absolute Gasteiger partial charge is 0.481 e. The summed E-state index contributed by atoms with van der Waals surface area (Å²) in [4.78, 5) is 12.1. The molecule has 0 aliphatic carbocycles. The summed E-state index contributed by atoms with van der Waals surface area (Å²) < 4.78 is 28.0. The van der Waals surface area contributed by atoms with E-state index in [-0.39, 0.29) is 13.0 Å². The Hall–Kier alpha value is -4.99. The molecule has 244 valence electrons. The molecule has 0 saturated heterocycles. The molecule has 1 aliphatic heterocycles. The predicted molar refractivity (Wildman–Crippen MR) is 199 cm³/mol. The van der Waals surface area contributed by atoms with Crippen molar-refractivity contribution in [2.24, 2.45) is 0 Å². The summed E-state index contributed by atoms with van der Waals surface area (Å²) in [6, 6.07) is 32.4. The molecule has 3 N–H and O–H groups in total. The van der Waals surface area contributed by atoms with E-state index in [2.05, 4.69) is 41.0 Å². The number of carbonyl (C=O) groups is 1. The number of thiocarbonyl (C=S) groups is 1.